The van der Waals surface area contributed by atoms with Gasteiger partial charge in [-0.3, -0.25) is 15.1 Å². The predicted octanol–water partition coefficient (Wildman–Crippen LogP) is 7.33. The molecule has 36 heavy (non-hydrogen) atoms. The Morgan fingerprint density at radius 2 is 1.69 bits per heavy atom. The van der Waals surface area contributed by atoms with Gasteiger partial charge in [-0.25, -0.2) is 4.39 Å². The van der Waals surface area contributed by atoms with Gasteiger partial charge in [0.05, 0.1) is 0 Å². The number of hydrogen-bond donors (Lipinski definition) is 2. The van der Waals surface area contributed by atoms with Gasteiger partial charge >= 0.3 is 0 Å². The van der Waals surface area contributed by atoms with Gasteiger partial charge in [-0.2, -0.15) is 0 Å². The maximum absolute atomic E-state index is 13.9. The number of aliphatic hydroxyl groups excluding tert-OH is 1. The van der Waals surface area contributed by atoms with Crippen LogP contribution >= 0.6 is 0 Å². The van der Waals surface area contributed by atoms with Crippen LogP contribution in [-0.4, -0.2) is 16.7 Å². The molecular formula is C31H29FN2O2. The Balaban J connectivity index is 1.86. The molecule has 182 valence electrons. The number of amidine groups is 1. The minimum absolute atomic E-state index is 0.0147. The molecule has 3 aromatic carbocycles. The molecule has 5 heteroatoms. The molecule has 0 fully saturated rings. The Morgan fingerprint density at radius 1 is 1.00 bits per heavy atom. The van der Waals surface area contributed by atoms with Crippen molar-refractivity contribution >= 4 is 23.1 Å². The maximum Gasteiger partial charge on any atom is 0.162 e. The van der Waals surface area contributed by atoms with E-state index in [1.807, 2.05) is 54.3 Å². The molecular weight excluding hydrogens is 451 g/mol. The second-order valence-corrected chi connectivity index (χ2v) is 10.4. The zero-order valence-electron chi connectivity index (χ0n) is 20.7. The van der Waals surface area contributed by atoms with Crippen molar-refractivity contribution < 1.29 is 14.3 Å². The molecule has 4 nitrogen and oxygen atoms in total. The summed E-state index contributed by atoms with van der Waals surface area (Å²) in [6.07, 6.45) is 0.958. The van der Waals surface area contributed by atoms with E-state index in [1.54, 1.807) is 24.3 Å². The Hall–Kier alpha value is -3.99. The van der Waals surface area contributed by atoms with Gasteiger partial charge in [-0.1, -0.05) is 68.4 Å². The molecule has 2 aliphatic rings. The third kappa shape index (κ3) is 4.15. The second kappa shape index (κ2) is 8.90. The zero-order valence-corrected chi connectivity index (χ0v) is 20.7. The average molecular weight is 481 g/mol. The van der Waals surface area contributed by atoms with E-state index in [0.29, 0.717) is 35.1 Å². The number of aliphatic hydroxyl groups is 1. The smallest absolute Gasteiger partial charge is 0.162 e. The van der Waals surface area contributed by atoms with Crippen molar-refractivity contribution in [2.75, 3.05) is 4.90 Å². The summed E-state index contributed by atoms with van der Waals surface area (Å²) in [7, 11) is 0. The zero-order chi connectivity index (χ0) is 25.6. The minimum atomic E-state index is -0.682. The molecule has 5 rings (SSSR count). The van der Waals surface area contributed by atoms with Crippen LogP contribution in [0.15, 0.2) is 95.7 Å². The lowest BCUT2D eigenvalue weighted by molar-refractivity contribution is -0.118. The van der Waals surface area contributed by atoms with Crippen LogP contribution in [0.25, 0.3) is 5.76 Å². The Labute approximate surface area is 210 Å². The molecule has 0 bridgehead atoms. The predicted molar refractivity (Wildman–Crippen MR) is 142 cm³/mol. The number of nitrogens with one attached hydrogen (secondary N) is 1. The molecule has 0 aromatic heterocycles. The number of benzene rings is 3. The molecule has 1 aliphatic carbocycles. The molecule has 0 amide bonds. The van der Waals surface area contributed by atoms with Crippen LogP contribution in [-0.2, 0) is 4.79 Å². The lowest BCUT2D eigenvalue weighted by Gasteiger charge is -2.45. The second-order valence-electron chi connectivity index (χ2n) is 10.4. The van der Waals surface area contributed by atoms with Crippen LogP contribution in [0.2, 0.25) is 0 Å². The summed E-state index contributed by atoms with van der Waals surface area (Å²) in [4.78, 5) is 15.6. The first-order valence-corrected chi connectivity index (χ1v) is 12.1. The van der Waals surface area contributed by atoms with Crippen molar-refractivity contribution in [3.05, 3.63) is 118 Å². The Bertz CT molecular complexity index is 1420. The van der Waals surface area contributed by atoms with Crippen LogP contribution in [0.1, 0.15) is 49.3 Å². The van der Waals surface area contributed by atoms with Crippen molar-refractivity contribution in [3.63, 3.8) is 0 Å². The van der Waals surface area contributed by atoms with Crippen molar-refractivity contribution in [1.82, 2.24) is 0 Å². The van der Waals surface area contributed by atoms with Crippen LogP contribution in [0.5, 0.6) is 0 Å². The fourth-order valence-corrected chi connectivity index (χ4v) is 5.41. The van der Waals surface area contributed by atoms with Gasteiger partial charge < -0.3 is 5.11 Å². The molecule has 1 unspecified atom stereocenters. The van der Waals surface area contributed by atoms with E-state index >= 15 is 0 Å². The van der Waals surface area contributed by atoms with Gasteiger partial charge in [-0.15, -0.1) is 0 Å². The van der Waals surface area contributed by atoms with E-state index in [4.69, 9.17) is 0 Å². The number of carbonyl (C=O) groups is 1. The SMILES string of the molecule is Cc1cccc(N2C(=N)/C(=C(/O)c3ccccc3)C(c3ccc(F)cc3)C3=C2CC(C)(C)CC3=O)c1. The average Bonchev–Trinajstić information content (AvgIpc) is 2.83. The fraction of sp³-hybridized carbons (Fsp3) is 0.226. The minimum Gasteiger partial charge on any atom is -0.507 e. The van der Waals surface area contributed by atoms with Gasteiger partial charge in [0.25, 0.3) is 0 Å². The quantitative estimate of drug-likeness (QED) is 0.386. The molecule has 1 atom stereocenters. The first-order valence-electron chi connectivity index (χ1n) is 12.1. The van der Waals surface area contributed by atoms with Crippen molar-refractivity contribution in [2.45, 2.75) is 39.5 Å². The normalized spacial score (nSPS) is 20.9. The number of hydrogen-bond acceptors (Lipinski definition) is 3. The first-order chi connectivity index (χ1) is 17.2. The highest BCUT2D eigenvalue weighted by Crippen LogP contribution is 2.51. The monoisotopic (exact) mass is 480 g/mol. The highest BCUT2D eigenvalue weighted by atomic mass is 19.1. The first kappa shape index (κ1) is 23.7. The number of aryl methyl sites for hydroxylation is 1. The van der Waals surface area contributed by atoms with E-state index in [9.17, 15) is 19.7 Å². The molecule has 2 N–H and O–H groups in total. The molecule has 0 saturated carbocycles. The summed E-state index contributed by atoms with van der Waals surface area (Å²) in [5, 5.41) is 21.0. The number of carbonyl (C=O) groups excluding carboxylic acids is 1. The van der Waals surface area contributed by atoms with Gasteiger partial charge in [0.15, 0.2) is 5.78 Å². The van der Waals surface area contributed by atoms with E-state index < -0.39 is 5.92 Å². The van der Waals surface area contributed by atoms with Gasteiger partial charge in [0, 0.05) is 40.4 Å². The van der Waals surface area contributed by atoms with Gasteiger partial charge in [0.2, 0.25) is 0 Å². The maximum atomic E-state index is 13.9. The largest absolute Gasteiger partial charge is 0.507 e. The lowest BCUT2D eigenvalue weighted by Crippen LogP contribution is -2.45. The highest BCUT2D eigenvalue weighted by Gasteiger charge is 2.46. The number of anilines is 1. The summed E-state index contributed by atoms with van der Waals surface area (Å²) < 4.78 is 13.9. The standard InChI is InChI=1S/C31H29FN2O2/c1-19-8-7-11-23(16-19)34-24-17-31(2,3)18-25(35)27(24)26(20-12-14-22(32)15-13-20)28(30(34)33)29(36)21-9-5-4-6-10-21/h4-16,26,33,36H,17-18H2,1-3H3/b29-28+,33-30?. The summed E-state index contributed by atoms with van der Waals surface area (Å²) >= 11 is 0. The van der Waals surface area contributed by atoms with Gasteiger partial charge in [0.1, 0.15) is 17.4 Å². The number of halogens is 1. The van der Waals surface area contributed by atoms with Crippen molar-refractivity contribution in [1.29, 1.82) is 5.41 Å². The molecule has 1 aliphatic heterocycles. The van der Waals surface area contributed by atoms with E-state index in [0.717, 1.165) is 16.9 Å². The van der Waals surface area contributed by atoms with Gasteiger partial charge in [-0.05, 0) is 54.2 Å². The van der Waals surface area contributed by atoms with E-state index in [2.05, 4.69) is 13.8 Å². The third-order valence-electron chi connectivity index (χ3n) is 6.99. The summed E-state index contributed by atoms with van der Waals surface area (Å²) in [6, 6.07) is 22.9. The summed E-state index contributed by atoms with van der Waals surface area (Å²) in [5.74, 6) is -1.02. The summed E-state index contributed by atoms with van der Waals surface area (Å²) in [6.45, 7) is 6.11. The van der Waals surface area contributed by atoms with E-state index in [-0.39, 0.29) is 28.6 Å². The Kier molecular flexibility index (Phi) is 5.87. The molecule has 3 aromatic rings. The van der Waals surface area contributed by atoms with Crippen LogP contribution in [0.4, 0.5) is 10.1 Å². The topological polar surface area (TPSA) is 64.4 Å². The van der Waals surface area contributed by atoms with Crippen LogP contribution in [0, 0.1) is 23.6 Å². The van der Waals surface area contributed by atoms with Crippen molar-refractivity contribution in [2.24, 2.45) is 5.41 Å². The van der Waals surface area contributed by atoms with Crippen LogP contribution in [0.3, 0.4) is 0 Å². The summed E-state index contributed by atoms with van der Waals surface area (Å²) in [5.41, 5.74) is 4.41. The highest BCUT2D eigenvalue weighted by molar-refractivity contribution is 6.19. The van der Waals surface area contributed by atoms with E-state index in [1.165, 1.54) is 12.1 Å². The molecule has 0 saturated heterocycles. The van der Waals surface area contributed by atoms with Crippen molar-refractivity contribution in [3.8, 4) is 0 Å². The Morgan fingerprint density at radius 3 is 2.36 bits per heavy atom. The van der Waals surface area contributed by atoms with Crippen LogP contribution < -0.4 is 4.90 Å². The number of Topliss-reactive ketones (excluding diaryl/α,β-unsaturated/α-hetero) is 1. The molecule has 0 radical (unpaired) electrons. The molecule has 0 spiro atoms. The third-order valence-corrected chi connectivity index (χ3v) is 6.99. The number of nitrogens with zero attached hydrogens (tertiary/aromatic N) is 1. The number of ketones is 1. The lowest BCUT2D eigenvalue weighted by atomic mass is 9.67. The fourth-order valence-electron chi connectivity index (χ4n) is 5.41. The number of allylic oxidation sites excluding steroid dienone is 2. The number of rotatable bonds is 3. The molecule has 1 heterocycles.